The molecule has 0 atom stereocenters. The van der Waals surface area contributed by atoms with Crippen LogP contribution in [-0.4, -0.2) is 65.8 Å². The van der Waals surface area contributed by atoms with Crippen molar-refractivity contribution in [3.63, 3.8) is 0 Å². The Morgan fingerprint density at radius 2 is 2.20 bits per heavy atom. The number of hydroxylamine groups is 2. The number of carbonyl (C=O) groups excluding carboxylic acids is 1. The SMILES string of the molecule is C=CCN(C(=O)OCC1=CC(OC)=C(O)CC=C1)C1CCN(O)CC1. The Kier molecular flexibility index (Phi) is 7.09. The van der Waals surface area contributed by atoms with Crippen LogP contribution < -0.4 is 0 Å². The number of nitrogens with zero attached hydrogens (tertiary/aromatic N) is 2. The molecule has 0 radical (unpaired) electrons. The van der Waals surface area contributed by atoms with Gasteiger partial charge in [0.2, 0.25) is 0 Å². The Labute approximate surface area is 148 Å². The molecule has 0 aromatic carbocycles. The molecule has 0 unspecified atom stereocenters. The molecule has 0 aromatic rings. The van der Waals surface area contributed by atoms with Gasteiger partial charge in [-0.1, -0.05) is 18.2 Å². The molecule has 25 heavy (non-hydrogen) atoms. The summed E-state index contributed by atoms with van der Waals surface area (Å²) in [5.41, 5.74) is 0.734. The van der Waals surface area contributed by atoms with E-state index in [1.54, 1.807) is 29.2 Å². The van der Waals surface area contributed by atoms with Gasteiger partial charge in [-0.2, -0.15) is 5.06 Å². The fourth-order valence-corrected chi connectivity index (χ4v) is 2.89. The minimum Gasteiger partial charge on any atom is -0.508 e. The van der Waals surface area contributed by atoms with Crippen molar-refractivity contribution in [1.29, 1.82) is 0 Å². The smallest absolute Gasteiger partial charge is 0.410 e. The predicted octanol–water partition coefficient (Wildman–Crippen LogP) is 2.77. The van der Waals surface area contributed by atoms with Crippen LogP contribution in [0.15, 0.2) is 48.0 Å². The van der Waals surface area contributed by atoms with E-state index < -0.39 is 6.09 Å². The Morgan fingerprint density at radius 1 is 1.48 bits per heavy atom. The Morgan fingerprint density at radius 3 is 2.84 bits per heavy atom. The third-order valence-corrected chi connectivity index (χ3v) is 4.27. The number of ether oxygens (including phenoxy) is 2. The monoisotopic (exact) mass is 350 g/mol. The highest BCUT2D eigenvalue weighted by molar-refractivity contribution is 5.68. The van der Waals surface area contributed by atoms with Gasteiger partial charge < -0.3 is 24.7 Å². The van der Waals surface area contributed by atoms with Crippen molar-refractivity contribution in [2.75, 3.05) is 33.4 Å². The third kappa shape index (κ3) is 5.37. The van der Waals surface area contributed by atoms with E-state index in [0.717, 1.165) is 5.57 Å². The molecule has 2 N–H and O–H groups in total. The van der Waals surface area contributed by atoms with Crippen molar-refractivity contribution in [2.24, 2.45) is 0 Å². The minimum atomic E-state index is -0.415. The number of piperidine rings is 1. The molecule has 1 aliphatic heterocycles. The number of aliphatic hydroxyl groups excluding tert-OH is 1. The summed E-state index contributed by atoms with van der Waals surface area (Å²) in [6.07, 6.45) is 8.26. The van der Waals surface area contributed by atoms with Crippen LogP contribution in [0.3, 0.4) is 0 Å². The van der Waals surface area contributed by atoms with Gasteiger partial charge in [-0.15, -0.1) is 6.58 Å². The first-order chi connectivity index (χ1) is 12.0. The van der Waals surface area contributed by atoms with Crippen molar-refractivity contribution < 1.29 is 24.6 Å². The summed E-state index contributed by atoms with van der Waals surface area (Å²) in [7, 11) is 1.48. The number of aliphatic hydroxyl groups is 1. The molecule has 0 aromatic heterocycles. The second kappa shape index (κ2) is 9.29. The van der Waals surface area contributed by atoms with Gasteiger partial charge in [0.05, 0.1) is 7.11 Å². The molecule has 1 heterocycles. The van der Waals surface area contributed by atoms with Crippen LogP contribution >= 0.6 is 0 Å². The van der Waals surface area contributed by atoms with Gasteiger partial charge in [-0.25, -0.2) is 4.79 Å². The molecule has 2 aliphatic rings. The van der Waals surface area contributed by atoms with E-state index in [2.05, 4.69) is 6.58 Å². The molecule has 0 bridgehead atoms. The Bertz CT molecular complexity index is 574. The lowest BCUT2D eigenvalue weighted by molar-refractivity contribution is -0.114. The van der Waals surface area contributed by atoms with E-state index in [0.29, 0.717) is 44.7 Å². The first kappa shape index (κ1) is 19.1. The van der Waals surface area contributed by atoms with Gasteiger partial charge in [-0.3, -0.25) is 0 Å². The van der Waals surface area contributed by atoms with Gasteiger partial charge in [0.1, 0.15) is 12.4 Å². The summed E-state index contributed by atoms with van der Waals surface area (Å²) in [5.74, 6) is 0.512. The van der Waals surface area contributed by atoms with Gasteiger partial charge in [0, 0.05) is 32.1 Å². The van der Waals surface area contributed by atoms with Crippen molar-refractivity contribution >= 4 is 6.09 Å². The third-order valence-electron chi connectivity index (χ3n) is 4.27. The Balaban J connectivity index is 1.97. The van der Waals surface area contributed by atoms with E-state index in [9.17, 15) is 15.1 Å². The molecule has 0 saturated carbocycles. The maximum absolute atomic E-state index is 12.5. The van der Waals surface area contributed by atoms with Gasteiger partial charge in [0.15, 0.2) is 5.76 Å². The largest absolute Gasteiger partial charge is 0.508 e. The van der Waals surface area contributed by atoms with Gasteiger partial charge >= 0.3 is 6.09 Å². The molecule has 0 spiro atoms. The summed E-state index contributed by atoms with van der Waals surface area (Å²) in [4.78, 5) is 14.1. The maximum atomic E-state index is 12.5. The van der Waals surface area contributed by atoms with Crippen molar-refractivity contribution in [3.05, 3.63) is 48.0 Å². The average Bonchev–Trinajstić information content (AvgIpc) is 2.79. The molecule has 1 fully saturated rings. The van der Waals surface area contributed by atoms with Crippen LogP contribution in [0, 0.1) is 0 Å². The number of methoxy groups -OCH3 is 1. The number of hydrogen-bond acceptors (Lipinski definition) is 6. The summed E-state index contributed by atoms with van der Waals surface area (Å²) in [5, 5.41) is 20.5. The number of hydrogen-bond donors (Lipinski definition) is 2. The standard InChI is InChI=1S/C18H26N2O5/c1-3-9-20(15-7-10-19(23)11-8-15)18(22)25-13-14-5-4-6-16(21)17(12-14)24-2/h3-5,12,15,21,23H,1,6-11,13H2,2H3. The van der Waals surface area contributed by atoms with Gasteiger partial charge in [-0.05, 0) is 24.5 Å². The topological polar surface area (TPSA) is 82.5 Å². The lowest BCUT2D eigenvalue weighted by Crippen LogP contribution is -2.47. The molecule has 1 saturated heterocycles. The van der Waals surface area contributed by atoms with Crippen LogP contribution in [0.5, 0.6) is 0 Å². The highest BCUT2D eigenvalue weighted by Gasteiger charge is 2.27. The molecule has 7 heteroatoms. The average molecular weight is 350 g/mol. The van der Waals surface area contributed by atoms with E-state index in [4.69, 9.17) is 9.47 Å². The molecule has 1 amide bonds. The van der Waals surface area contributed by atoms with Crippen LogP contribution in [0.2, 0.25) is 0 Å². The maximum Gasteiger partial charge on any atom is 0.410 e. The van der Waals surface area contributed by atoms with Crippen molar-refractivity contribution in [1.82, 2.24) is 9.96 Å². The van der Waals surface area contributed by atoms with Crippen molar-refractivity contribution in [3.8, 4) is 0 Å². The number of amides is 1. The lowest BCUT2D eigenvalue weighted by atomic mass is 10.1. The molecule has 2 rings (SSSR count). The second-order valence-corrected chi connectivity index (χ2v) is 6.02. The van der Waals surface area contributed by atoms with E-state index in [-0.39, 0.29) is 18.4 Å². The number of allylic oxidation sites excluding steroid dienone is 2. The second-order valence-electron chi connectivity index (χ2n) is 6.02. The molecule has 7 nitrogen and oxygen atoms in total. The zero-order valence-corrected chi connectivity index (χ0v) is 14.6. The Hall–Kier alpha value is -2.25. The fourth-order valence-electron chi connectivity index (χ4n) is 2.89. The van der Waals surface area contributed by atoms with Crippen LogP contribution in [0.4, 0.5) is 4.79 Å². The summed E-state index contributed by atoms with van der Waals surface area (Å²) in [6, 6.07) is 0.0195. The molecular weight excluding hydrogens is 324 g/mol. The van der Waals surface area contributed by atoms with Crippen LogP contribution in [0.25, 0.3) is 0 Å². The number of rotatable bonds is 6. The normalized spacial score (nSPS) is 19.2. The summed E-state index contributed by atoms with van der Waals surface area (Å²) in [6.45, 7) is 5.24. The van der Waals surface area contributed by atoms with Crippen LogP contribution in [0.1, 0.15) is 19.3 Å². The van der Waals surface area contributed by atoms with E-state index >= 15 is 0 Å². The highest BCUT2D eigenvalue weighted by Crippen LogP contribution is 2.19. The molecule has 1 aliphatic carbocycles. The summed E-state index contributed by atoms with van der Waals surface area (Å²) >= 11 is 0. The fraction of sp³-hybridized carbons (Fsp3) is 0.500. The van der Waals surface area contributed by atoms with E-state index in [1.807, 2.05) is 0 Å². The quantitative estimate of drug-likeness (QED) is 0.717. The lowest BCUT2D eigenvalue weighted by Gasteiger charge is -2.35. The zero-order chi connectivity index (χ0) is 18.2. The minimum absolute atomic E-state index is 0.0195. The first-order valence-corrected chi connectivity index (χ1v) is 8.36. The van der Waals surface area contributed by atoms with Crippen LogP contribution in [-0.2, 0) is 9.47 Å². The molecule has 138 valence electrons. The zero-order valence-electron chi connectivity index (χ0n) is 14.6. The molecular formula is C18H26N2O5. The highest BCUT2D eigenvalue weighted by atomic mass is 16.6. The van der Waals surface area contributed by atoms with Crippen molar-refractivity contribution in [2.45, 2.75) is 25.3 Å². The summed E-state index contributed by atoms with van der Waals surface area (Å²) < 4.78 is 10.6. The predicted molar refractivity (Wildman–Crippen MR) is 93.1 cm³/mol. The van der Waals surface area contributed by atoms with Gasteiger partial charge in [0.25, 0.3) is 0 Å². The van der Waals surface area contributed by atoms with E-state index in [1.165, 1.54) is 12.2 Å². The number of carbonyl (C=O) groups is 1. The first-order valence-electron chi connectivity index (χ1n) is 8.36.